The molecule has 27 heavy (non-hydrogen) atoms. The Bertz CT molecular complexity index is 817. The number of halogens is 1. The molecule has 1 N–H and O–H groups in total. The summed E-state index contributed by atoms with van der Waals surface area (Å²) in [5, 5.41) is 3.60. The number of hydrogen-bond acceptors (Lipinski definition) is 5. The van der Waals surface area contributed by atoms with E-state index in [1.807, 2.05) is 24.3 Å². The van der Waals surface area contributed by atoms with Gasteiger partial charge >= 0.3 is 5.97 Å². The minimum absolute atomic E-state index is 0.0822. The summed E-state index contributed by atoms with van der Waals surface area (Å²) in [5.74, 6) is 0.712. The van der Waals surface area contributed by atoms with E-state index < -0.39 is 0 Å². The number of ether oxygens (including phenoxy) is 1. The maximum absolute atomic E-state index is 12.4. The smallest absolute Gasteiger partial charge is 0.341 e. The van der Waals surface area contributed by atoms with E-state index in [2.05, 4.69) is 21.2 Å². The third-order valence-electron chi connectivity index (χ3n) is 4.32. The Kier molecular flexibility index (Phi) is 7.38. The molecule has 1 aliphatic rings. The summed E-state index contributed by atoms with van der Waals surface area (Å²) >= 11 is 6.51. The monoisotopic (exact) mass is 467 g/mol. The molecule has 1 amide bonds. The van der Waals surface area contributed by atoms with E-state index >= 15 is 0 Å². The van der Waals surface area contributed by atoms with Crippen LogP contribution < -0.4 is 5.32 Å². The van der Waals surface area contributed by atoms with Crippen LogP contribution >= 0.6 is 39.0 Å². The number of carbonyl (C=O) groups excluding carboxylic acids is 2. The summed E-state index contributed by atoms with van der Waals surface area (Å²) in [6, 6.07) is 8.08. The zero-order valence-corrected chi connectivity index (χ0v) is 18.4. The van der Waals surface area contributed by atoms with Crippen molar-refractivity contribution in [3.8, 4) is 0 Å². The topological polar surface area (TPSA) is 55.4 Å². The van der Waals surface area contributed by atoms with E-state index in [9.17, 15) is 9.59 Å². The summed E-state index contributed by atoms with van der Waals surface area (Å²) in [7, 11) is 0. The zero-order chi connectivity index (χ0) is 19.2. The van der Waals surface area contributed by atoms with Crippen LogP contribution in [-0.2, 0) is 28.1 Å². The van der Waals surface area contributed by atoms with Crippen molar-refractivity contribution >= 4 is 55.9 Å². The van der Waals surface area contributed by atoms with Gasteiger partial charge < -0.3 is 10.1 Å². The SMILES string of the molecule is CCOC(=O)c1c(NC(=O)CSCc2ccc(Br)cc2)sc2c1CCCC2. The van der Waals surface area contributed by atoms with E-state index in [0.717, 1.165) is 41.5 Å². The molecular weight excluding hydrogens is 446 g/mol. The van der Waals surface area contributed by atoms with E-state index in [4.69, 9.17) is 4.74 Å². The van der Waals surface area contributed by atoms with E-state index in [-0.39, 0.29) is 11.9 Å². The fraction of sp³-hybridized carbons (Fsp3) is 0.400. The van der Waals surface area contributed by atoms with Gasteiger partial charge in [0.15, 0.2) is 0 Å². The van der Waals surface area contributed by atoms with Gasteiger partial charge in [0.2, 0.25) is 5.91 Å². The van der Waals surface area contributed by atoms with Crippen LogP contribution in [0.25, 0.3) is 0 Å². The molecule has 0 spiro atoms. The molecule has 144 valence electrons. The molecule has 1 aliphatic carbocycles. The van der Waals surface area contributed by atoms with E-state index in [0.29, 0.717) is 22.9 Å². The molecule has 0 unspecified atom stereocenters. The number of amides is 1. The van der Waals surface area contributed by atoms with E-state index in [1.165, 1.54) is 21.8 Å². The van der Waals surface area contributed by atoms with Gasteiger partial charge in [-0.3, -0.25) is 4.79 Å². The first kappa shape index (κ1) is 20.4. The highest BCUT2D eigenvalue weighted by molar-refractivity contribution is 9.10. The van der Waals surface area contributed by atoms with Gasteiger partial charge in [0, 0.05) is 15.1 Å². The second kappa shape index (κ2) is 9.75. The van der Waals surface area contributed by atoms with Crippen molar-refractivity contribution in [3.63, 3.8) is 0 Å². The molecule has 1 aromatic carbocycles. The minimum atomic E-state index is -0.324. The Hall–Kier alpha value is -1.31. The Balaban J connectivity index is 1.63. The van der Waals surface area contributed by atoms with Crippen LogP contribution in [0.1, 0.15) is 46.1 Å². The highest BCUT2D eigenvalue weighted by atomic mass is 79.9. The molecule has 0 radical (unpaired) electrons. The Morgan fingerprint density at radius 3 is 2.70 bits per heavy atom. The lowest BCUT2D eigenvalue weighted by Gasteiger charge is -2.12. The number of nitrogens with one attached hydrogen (secondary N) is 1. The fourth-order valence-corrected chi connectivity index (χ4v) is 5.42. The molecule has 0 atom stereocenters. The number of thiophene rings is 1. The number of thioether (sulfide) groups is 1. The molecule has 1 heterocycles. The van der Waals surface area contributed by atoms with Crippen molar-refractivity contribution in [1.82, 2.24) is 0 Å². The van der Waals surface area contributed by atoms with Crippen molar-refractivity contribution in [2.24, 2.45) is 0 Å². The van der Waals surface area contributed by atoms with Crippen LogP contribution in [0.15, 0.2) is 28.7 Å². The van der Waals surface area contributed by atoms with Crippen molar-refractivity contribution < 1.29 is 14.3 Å². The number of benzene rings is 1. The first-order valence-electron chi connectivity index (χ1n) is 9.02. The quantitative estimate of drug-likeness (QED) is 0.550. The summed E-state index contributed by atoms with van der Waals surface area (Å²) < 4.78 is 6.27. The van der Waals surface area contributed by atoms with Gasteiger partial charge in [0.1, 0.15) is 5.00 Å². The average molecular weight is 468 g/mol. The van der Waals surface area contributed by atoms with Crippen LogP contribution in [0.5, 0.6) is 0 Å². The molecule has 0 fully saturated rings. The number of fused-ring (bicyclic) bond motifs is 1. The number of rotatable bonds is 7. The maximum atomic E-state index is 12.4. The van der Waals surface area contributed by atoms with Crippen LogP contribution in [0.4, 0.5) is 5.00 Å². The Morgan fingerprint density at radius 2 is 1.96 bits per heavy atom. The number of anilines is 1. The molecule has 0 aliphatic heterocycles. The van der Waals surface area contributed by atoms with Gasteiger partial charge in [-0.2, -0.15) is 0 Å². The van der Waals surface area contributed by atoms with Crippen molar-refractivity contribution in [3.05, 3.63) is 50.3 Å². The predicted molar refractivity (Wildman–Crippen MR) is 116 cm³/mol. The predicted octanol–water partition coefficient (Wildman–Crippen LogP) is 5.44. The fourth-order valence-electron chi connectivity index (χ4n) is 3.08. The van der Waals surface area contributed by atoms with Gasteiger partial charge in [0.25, 0.3) is 0 Å². The van der Waals surface area contributed by atoms with Crippen molar-refractivity contribution in [2.45, 2.75) is 38.4 Å². The molecule has 7 heteroatoms. The van der Waals surface area contributed by atoms with Crippen molar-refractivity contribution in [2.75, 3.05) is 17.7 Å². The Labute approximate surface area is 176 Å². The number of carbonyl (C=O) groups is 2. The molecule has 0 bridgehead atoms. The number of hydrogen-bond donors (Lipinski definition) is 1. The standard InChI is InChI=1S/C20H22BrNO3S2/c1-2-25-20(24)18-15-5-3-4-6-16(15)27-19(18)22-17(23)12-26-11-13-7-9-14(21)10-8-13/h7-10H,2-6,11-12H2,1H3,(H,22,23). The van der Waals surface area contributed by atoms with Crippen LogP contribution in [0.2, 0.25) is 0 Å². The molecule has 4 nitrogen and oxygen atoms in total. The molecule has 3 rings (SSSR count). The summed E-state index contributed by atoms with van der Waals surface area (Å²) in [5.41, 5.74) is 2.82. The second-order valence-electron chi connectivity index (χ2n) is 6.30. The van der Waals surface area contributed by atoms with Gasteiger partial charge in [-0.1, -0.05) is 28.1 Å². The molecule has 1 aromatic heterocycles. The lowest BCUT2D eigenvalue weighted by Crippen LogP contribution is -2.17. The van der Waals surface area contributed by atoms with E-state index in [1.54, 1.807) is 18.7 Å². The molecule has 0 saturated carbocycles. The second-order valence-corrected chi connectivity index (χ2v) is 9.31. The van der Waals surface area contributed by atoms with Gasteiger partial charge in [-0.05, 0) is 55.9 Å². The molecule has 2 aromatic rings. The van der Waals surface area contributed by atoms with Crippen LogP contribution in [0.3, 0.4) is 0 Å². The van der Waals surface area contributed by atoms with Gasteiger partial charge in [0.05, 0.1) is 17.9 Å². The first-order valence-corrected chi connectivity index (χ1v) is 11.8. The lowest BCUT2D eigenvalue weighted by atomic mass is 9.95. The van der Waals surface area contributed by atoms with Crippen LogP contribution in [-0.4, -0.2) is 24.2 Å². The minimum Gasteiger partial charge on any atom is -0.462 e. The van der Waals surface area contributed by atoms with Crippen LogP contribution in [0, 0.1) is 0 Å². The van der Waals surface area contributed by atoms with Gasteiger partial charge in [-0.15, -0.1) is 23.1 Å². The van der Waals surface area contributed by atoms with Crippen molar-refractivity contribution in [1.29, 1.82) is 0 Å². The summed E-state index contributed by atoms with van der Waals surface area (Å²) in [6.07, 6.45) is 4.06. The summed E-state index contributed by atoms with van der Waals surface area (Å²) in [6.45, 7) is 2.13. The zero-order valence-electron chi connectivity index (χ0n) is 15.2. The molecule has 0 saturated heterocycles. The largest absolute Gasteiger partial charge is 0.462 e. The van der Waals surface area contributed by atoms with Gasteiger partial charge in [-0.25, -0.2) is 4.79 Å². The Morgan fingerprint density at radius 1 is 1.22 bits per heavy atom. The lowest BCUT2D eigenvalue weighted by molar-refractivity contribution is -0.113. The number of aryl methyl sites for hydroxylation is 1. The third kappa shape index (κ3) is 5.36. The normalized spacial score (nSPS) is 13.1. The average Bonchev–Trinajstić information content (AvgIpc) is 3.01. The molecular formula is C20H22BrNO3S2. The summed E-state index contributed by atoms with van der Waals surface area (Å²) in [4.78, 5) is 26.1. The highest BCUT2D eigenvalue weighted by Gasteiger charge is 2.27. The first-order chi connectivity index (χ1) is 13.1. The maximum Gasteiger partial charge on any atom is 0.341 e. The highest BCUT2D eigenvalue weighted by Crippen LogP contribution is 2.38. The third-order valence-corrected chi connectivity index (χ3v) is 7.06. The number of esters is 1.